The highest BCUT2D eigenvalue weighted by Gasteiger charge is 2.78. The number of hydrogen-bond acceptors (Lipinski definition) is 7. The maximum Gasteiger partial charge on any atom is 0.200 e. The molecule has 0 amide bonds. The van der Waals surface area contributed by atoms with E-state index in [0.717, 1.165) is 23.6 Å². The zero-order valence-electron chi connectivity index (χ0n) is 28.4. The van der Waals surface area contributed by atoms with Crippen LogP contribution in [0.4, 0.5) is 0 Å². The van der Waals surface area contributed by atoms with Crippen molar-refractivity contribution in [3.8, 4) is 11.5 Å². The van der Waals surface area contributed by atoms with Gasteiger partial charge in [0.15, 0.2) is 28.8 Å². The number of aromatic hydroxyl groups is 2. The highest BCUT2D eigenvalue weighted by atomic mass is 16.5. The van der Waals surface area contributed by atoms with Gasteiger partial charge in [0.2, 0.25) is 0 Å². The average molecular weight is 619 g/mol. The number of phenolic OH excluding ortho intramolecular Hbond substituents is 2. The molecule has 7 heteroatoms. The summed E-state index contributed by atoms with van der Waals surface area (Å²) in [6, 6.07) is 3.73. The van der Waals surface area contributed by atoms with Crippen LogP contribution in [0.3, 0.4) is 0 Å². The highest BCUT2D eigenvalue weighted by Crippen LogP contribution is 2.72. The Hall–Kier alpha value is -3.19. The molecule has 3 N–H and O–H groups in total. The van der Waals surface area contributed by atoms with Crippen molar-refractivity contribution in [2.45, 2.75) is 118 Å². The molecule has 2 saturated carbocycles. The minimum absolute atomic E-state index is 0.0149. The van der Waals surface area contributed by atoms with E-state index in [9.17, 15) is 20.1 Å². The summed E-state index contributed by atoms with van der Waals surface area (Å²) in [5.41, 5.74) is -4.36. The fourth-order valence-corrected chi connectivity index (χ4v) is 9.07. The summed E-state index contributed by atoms with van der Waals surface area (Å²) in [5, 5.41) is 32.4. The van der Waals surface area contributed by atoms with Crippen molar-refractivity contribution < 1.29 is 34.4 Å². The molecule has 2 spiro atoms. The molecule has 3 fully saturated rings. The summed E-state index contributed by atoms with van der Waals surface area (Å²) in [6.07, 6.45) is 7.15. The van der Waals surface area contributed by atoms with Gasteiger partial charge in [-0.25, -0.2) is 0 Å². The molecule has 5 rings (SSSR count). The van der Waals surface area contributed by atoms with Gasteiger partial charge in [-0.05, 0) is 108 Å². The van der Waals surface area contributed by atoms with Gasteiger partial charge >= 0.3 is 0 Å². The molecule has 2 bridgehead atoms. The van der Waals surface area contributed by atoms with Crippen molar-refractivity contribution in [2.75, 3.05) is 0 Å². The Bertz CT molecular complexity index is 1560. The Kier molecular flexibility index (Phi) is 7.68. The molecule has 1 aliphatic heterocycles. The van der Waals surface area contributed by atoms with Crippen LogP contribution in [-0.4, -0.2) is 43.9 Å². The van der Waals surface area contributed by atoms with Gasteiger partial charge in [-0.3, -0.25) is 14.4 Å². The molecule has 4 aliphatic rings. The minimum Gasteiger partial charge on any atom is -0.504 e. The van der Waals surface area contributed by atoms with Crippen molar-refractivity contribution in [3.63, 3.8) is 0 Å². The van der Waals surface area contributed by atoms with Crippen LogP contribution in [0, 0.1) is 27.6 Å². The van der Waals surface area contributed by atoms with E-state index in [1.807, 2.05) is 47.6 Å². The third-order valence-electron chi connectivity index (χ3n) is 11.8. The molecular weight excluding hydrogens is 568 g/mol. The Labute approximate surface area is 267 Å². The molecule has 244 valence electrons. The molecule has 45 heavy (non-hydrogen) atoms. The number of benzene rings is 1. The van der Waals surface area contributed by atoms with Gasteiger partial charge in [0.25, 0.3) is 0 Å². The standard InChI is InChI=1S/C38H50O7/c1-22(2)10-12-25-19-36-21-37(17-16-33(5,6)20-35(37,9)44)45-31(36)28(29(41)24-11-13-26(39)27(40)18-24)30(42)38(32(36)43,34(25,7)8)15-14-23(3)4/h10-11,13-14,18,25,39-40,44H,12,15-17,19-21H2,1-9H3/t25-,35+,36+,37-,38-/m1/s1. The predicted molar refractivity (Wildman–Crippen MR) is 173 cm³/mol. The van der Waals surface area contributed by atoms with E-state index in [2.05, 4.69) is 19.9 Å². The van der Waals surface area contributed by atoms with Crippen LogP contribution in [0.25, 0.3) is 0 Å². The van der Waals surface area contributed by atoms with E-state index in [0.29, 0.717) is 25.7 Å². The first kappa shape index (κ1) is 33.2. The lowest BCUT2D eigenvalue weighted by Crippen LogP contribution is -2.66. The molecule has 7 nitrogen and oxygen atoms in total. The Morgan fingerprint density at radius 3 is 2.16 bits per heavy atom. The van der Waals surface area contributed by atoms with E-state index < -0.39 is 44.8 Å². The molecule has 5 atom stereocenters. The number of carbonyl (C=O) groups excluding carboxylic acids is 3. The van der Waals surface area contributed by atoms with Crippen LogP contribution < -0.4 is 0 Å². The van der Waals surface area contributed by atoms with Gasteiger partial charge in [0.1, 0.15) is 27.9 Å². The third-order valence-corrected chi connectivity index (χ3v) is 11.8. The van der Waals surface area contributed by atoms with Gasteiger partial charge < -0.3 is 20.1 Å². The minimum atomic E-state index is -1.55. The smallest absolute Gasteiger partial charge is 0.200 e. The topological polar surface area (TPSA) is 121 Å². The van der Waals surface area contributed by atoms with Crippen molar-refractivity contribution >= 4 is 17.3 Å². The van der Waals surface area contributed by atoms with Crippen LogP contribution in [-0.2, 0) is 14.3 Å². The average Bonchev–Trinajstić information content (AvgIpc) is 3.25. The zero-order valence-corrected chi connectivity index (χ0v) is 28.4. The summed E-state index contributed by atoms with van der Waals surface area (Å²) in [5.74, 6) is -2.31. The molecule has 0 unspecified atom stereocenters. The maximum atomic E-state index is 15.4. The molecule has 0 aromatic heterocycles. The van der Waals surface area contributed by atoms with E-state index in [4.69, 9.17) is 4.74 Å². The van der Waals surface area contributed by atoms with Gasteiger partial charge in [0, 0.05) is 12.0 Å². The summed E-state index contributed by atoms with van der Waals surface area (Å²) in [6.45, 7) is 17.9. The largest absolute Gasteiger partial charge is 0.504 e. The monoisotopic (exact) mass is 618 g/mol. The quantitative estimate of drug-likeness (QED) is 0.0990. The van der Waals surface area contributed by atoms with Crippen LogP contribution in [0.1, 0.15) is 118 Å². The summed E-state index contributed by atoms with van der Waals surface area (Å²) < 4.78 is 6.87. The number of aliphatic hydroxyl groups is 1. The molecule has 3 aliphatic carbocycles. The Morgan fingerprint density at radius 1 is 0.933 bits per heavy atom. The van der Waals surface area contributed by atoms with Crippen LogP contribution in [0.2, 0.25) is 0 Å². The van der Waals surface area contributed by atoms with Gasteiger partial charge in [-0.1, -0.05) is 51.0 Å². The normalized spacial score (nSPS) is 34.7. The second-order valence-corrected chi connectivity index (χ2v) is 16.4. The molecular formula is C38H50O7. The van der Waals surface area contributed by atoms with E-state index in [-0.39, 0.29) is 52.6 Å². The summed E-state index contributed by atoms with van der Waals surface area (Å²) in [4.78, 5) is 45.1. The van der Waals surface area contributed by atoms with Crippen LogP contribution >= 0.6 is 0 Å². The molecule has 1 saturated heterocycles. The number of rotatable bonds is 6. The second kappa shape index (κ2) is 10.4. The first-order chi connectivity index (χ1) is 20.7. The van der Waals surface area contributed by atoms with Crippen LogP contribution in [0.5, 0.6) is 11.5 Å². The van der Waals surface area contributed by atoms with E-state index in [1.54, 1.807) is 6.92 Å². The molecule has 1 aromatic rings. The highest BCUT2D eigenvalue weighted by molar-refractivity contribution is 6.35. The molecule has 1 heterocycles. The Morgan fingerprint density at radius 2 is 1.58 bits per heavy atom. The number of allylic oxidation sites excluding steroid dienone is 6. The second-order valence-electron chi connectivity index (χ2n) is 16.4. The number of ether oxygens (including phenoxy) is 1. The van der Waals surface area contributed by atoms with E-state index >= 15 is 9.59 Å². The number of fused-ring (bicyclic) bond motifs is 1. The van der Waals surface area contributed by atoms with Crippen molar-refractivity contribution in [3.05, 3.63) is 58.4 Å². The SMILES string of the molecule is CC(C)=CC[C@@H]1C[C@]23C[C@@]4(CCC(C)(C)C[C@]4(C)O)OC2=C(C(=O)c2ccc(O)c(O)c2)C(=O)[C@](CC=C(C)C)(C3=O)C1(C)C. The number of phenols is 2. The van der Waals surface area contributed by atoms with Gasteiger partial charge in [-0.2, -0.15) is 0 Å². The number of ketones is 3. The first-order valence-corrected chi connectivity index (χ1v) is 16.3. The number of hydrogen-bond donors (Lipinski definition) is 3. The Balaban J connectivity index is 1.84. The number of Topliss-reactive ketones (excluding diaryl/α,β-unsaturated/α-hetero) is 3. The summed E-state index contributed by atoms with van der Waals surface area (Å²) >= 11 is 0. The number of carbonyl (C=O) groups is 3. The molecule has 0 radical (unpaired) electrons. The molecule has 1 aromatic carbocycles. The summed E-state index contributed by atoms with van der Waals surface area (Å²) in [7, 11) is 0. The third kappa shape index (κ3) is 4.75. The van der Waals surface area contributed by atoms with Gasteiger partial charge in [0.05, 0.1) is 5.41 Å². The lowest BCUT2D eigenvalue weighted by molar-refractivity contribution is -0.183. The van der Waals surface area contributed by atoms with Crippen LogP contribution in [0.15, 0.2) is 52.8 Å². The van der Waals surface area contributed by atoms with Crippen molar-refractivity contribution in [1.82, 2.24) is 0 Å². The maximum absolute atomic E-state index is 15.4. The van der Waals surface area contributed by atoms with Crippen molar-refractivity contribution in [2.24, 2.45) is 27.6 Å². The predicted octanol–water partition coefficient (Wildman–Crippen LogP) is 7.54. The fourth-order valence-electron chi connectivity index (χ4n) is 9.07. The lowest BCUT2D eigenvalue weighted by Gasteiger charge is -2.59. The zero-order chi connectivity index (χ0) is 33.5. The first-order valence-electron chi connectivity index (χ1n) is 16.3. The van der Waals surface area contributed by atoms with E-state index in [1.165, 1.54) is 12.1 Å². The van der Waals surface area contributed by atoms with Crippen molar-refractivity contribution in [1.29, 1.82) is 0 Å². The lowest BCUT2D eigenvalue weighted by atomic mass is 9.39. The fraction of sp³-hybridized carbons (Fsp3) is 0.605. The van der Waals surface area contributed by atoms with Gasteiger partial charge in [-0.15, -0.1) is 0 Å².